The molecule has 1 rings (SSSR count). The van der Waals surface area contributed by atoms with E-state index >= 15 is 0 Å². The average Bonchev–Trinajstić information content (AvgIpc) is 2.25. The molecular formula is C15H23BrFNO. The molecule has 108 valence electrons. The highest BCUT2D eigenvalue weighted by molar-refractivity contribution is 9.10. The molecule has 0 unspecified atom stereocenters. The van der Waals surface area contributed by atoms with E-state index in [0.29, 0.717) is 16.8 Å². The lowest BCUT2D eigenvalue weighted by Gasteiger charge is -2.30. The summed E-state index contributed by atoms with van der Waals surface area (Å²) < 4.78 is 19.4. The molecule has 0 atom stereocenters. The first-order chi connectivity index (χ1) is 8.59. The van der Waals surface area contributed by atoms with Crippen LogP contribution in [0.3, 0.4) is 0 Å². The van der Waals surface area contributed by atoms with Crippen LogP contribution in [-0.4, -0.2) is 18.7 Å². The third-order valence-corrected chi connectivity index (χ3v) is 3.23. The topological polar surface area (TPSA) is 21.3 Å². The quantitative estimate of drug-likeness (QED) is 0.864. The van der Waals surface area contributed by atoms with Crippen LogP contribution in [0.2, 0.25) is 0 Å². The minimum atomic E-state index is -0.270. The van der Waals surface area contributed by atoms with Gasteiger partial charge in [-0.15, -0.1) is 0 Å². The number of hydrogen-bond donors (Lipinski definition) is 1. The molecule has 0 aliphatic heterocycles. The van der Waals surface area contributed by atoms with E-state index in [1.807, 2.05) is 0 Å². The minimum absolute atomic E-state index is 0.00110. The SMILES string of the molecule is CC(C)(CNC(C)(C)C)COc1ccc(F)cc1Br. The maximum Gasteiger partial charge on any atom is 0.133 e. The van der Waals surface area contributed by atoms with Crippen LogP contribution >= 0.6 is 15.9 Å². The summed E-state index contributed by atoms with van der Waals surface area (Å²) >= 11 is 3.30. The molecule has 1 aromatic rings. The van der Waals surface area contributed by atoms with Gasteiger partial charge in [0, 0.05) is 17.5 Å². The molecule has 0 bridgehead atoms. The second kappa shape index (κ2) is 6.23. The summed E-state index contributed by atoms with van der Waals surface area (Å²) in [6.45, 7) is 12.1. The molecule has 0 aromatic heterocycles. The van der Waals surface area contributed by atoms with Crippen molar-refractivity contribution in [2.24, 2.45) is 5.41 Å². The molecule has 0 aliphatic carbocycles. The van der Waals surface area contributed by atoms with Crippen molar-refractivity contribution >= 4 is 15.9 Å². The molecule has 2 nitrogen and oxygen atoms in total. The Morgan fingerprint density at radius 1 is 1.21 bits per heavy atom. The van der Waals surface area contributed by atoms with Crippen molar-refractivity contribution in [2.75, 3.05) is 13.2 Å². The maximum atomic E-state index is 13.0. The Balaban J connectivity index is 2.55. The summed E-state index contributed by atoms with van der Waals surface area (Å²) in [7, 11) is 0. The van der Waals surface area contributed by atoms with E-state index in [1.165, 1.54) is 12.1 Å². The van der Waals surface area contributed by atoms with Crippen LogP contribution in [0.25, 0.3) is 0 Å². The molecule has 0 aliphatic rings. The van der Waals surface area contributed by atoms with Crippen LogP contribution < -0.4 is 10.1 Å². The second-order valence-electron chi connectivity index (χ2n) is 6.63. The lowest BCUT2D eigenvalue weighted by molar-refractivity contribution is 0.165. The van der Waals surface area contributed by atoms with Crippen LogP contribution in [0.5, 0.6) is 5.75 Å². The van der Waals surface area contributed by atoms with E-state index < -0.39 is 0 Å². The zero-order valence-corrected chi connectivity index (χ0v) is 13.9. The van der Waals surface area contributed by atoms with E-state index in [0.717, 1.165) is 6.54 Å². The van der Waals surface area contributed by atoms with Gasteiger partial charge in [0.25, 0.3) is 0 Å². The fourth-order valence-electron chi connectivity index (χ4n) is 1.42. The number of halogens is 2. The number of rotatable bonds is 5. The third-order valence-electron chi connectivity index (χ3n) is 2.61. The molecule has 0 heterocycles. The highest BCUT2D eigenvalue weighted by Gasteiger charge is 2.22. The Hall–Kier alpha value is -0.610. The molecule has 19 heavy (non-hydrogen) atoms. The minimum Gasteiger partial charge on any atom is -0.492 e. The average molecular weight is 332 g/mol. The molecular weight excluding hydrogens is 309 g/mol. The molecule has 0 saturated heterocycles. The number of hydrogen-bond acceptors (Lipinski definition) is 2. The second-order valence-corrected chi connectivity index (χ2v) is 7.49. The molecule has 0 spiro atoms. The van der Waals surface area contributed by atoms with E-state index in [2.05, 4.69) is 55.9 Å². The fraction of sp³-hybridized carbons (Fsp3) is 0.600. The normalized spacial score (nSPS) is 12.6. The summed E-state index contributed by atoms with van der Waals surface area (Å²) in [5, 5.41) is 3.47. The monoisotopic (exact) mass is 331 g/mol. The molecule has 0 radical (unpaired) electrons. The smallest absolute Gasteiger partial charge is 0.133 e. The Kier molecular flexibility index (Phi) is 5.39. The summed E-state index contributed by atoms with van der Waals surface area (Å²) in [5.41, 5.74) is 0.0921. The number of benzene rings is 1. The highest BCUT2D eigenvalue weighted by atomic mass is 79.9. The largest absolute Gasteiger partial charge is 0.492 e. The van der Waals surface area contributed by atoms with E-state index in [9.17, 15) is 4.39 Å². The first-order valence-electron chi connectivity index (χ1n) is 6.42. The van der Waals surface area contributed by atoms with E-state index in [1.54, 1.807) is 6.07 Å². The Morgan fingerprint density at radius 2 is 1.84 bits per heavy atom. The van der Waals surface area contributed by atoms with Crippen LogP contribution in [0.4, 0.5) is 4.39 Å². The maximum absolute atomic E-state index is 13.0. The van der Waals surface area contributed by atoms with Crippen molar-refractivity contribution in [3.05, 3.63) is 28.5 Å². The zero-order valence-electron chi connectivity index (χ0n) is 12.3. The first-order valence-corrected chi connectivity index (χ1v) is 7.21. The van der Waals surface area contributed by atoms with E-state index in [4.69, 9.17) is 4.74 Å². The Bertz CT molecular complexity index is 427. The van der Waals surface area contributed by atoms with Crippen LogP contribution in [-0.2, 0) is 0 Å². The Labute approximate surface area is 123 Å². The highest BCUT2D eigenvalue weighted by Crippen LogP contribution is 2.27. The predicted molar refractivity (Wildman–Crippen MR) is 81.1 cm³/mol. The first kappa shape index (κ1) is 16.4. The summed E-state index contributed by atoms with van der Waals surface area (Å²) in [6, 6.07) is 4.46. The molecule has 1 aromatic carbocycles. The van der Waals surface area contributed by atoms with Crippen molar-refractivity contribution in [1.29, 1.82) is 0 Å². The van der Waals surface area contributed by atoms with Crippen molar-refractivity contribution in [2.45, 2.75) is 40.2 Å². The van der Waals surface area contributed by atoms with Gasteiger partial charge in [-0.05, 0) is 54.9 Å². The lowest BCUT2D eigenvalue weighted by Crippen LogP contribution is -2.43. The standard InChI is InChI=1S/C15H23BrFNO/c1-14(2,3)18-9-15(4,5)10-19-13-7-6-11(17)8-12(13)16/h6-8,18H,9-10H2,1-5H3. The Morgan fingerprint density at radius 3 is 2.37 bits per heavy atom. The lowest BCUT2D eigenvalue weighted by atomic mass is 9.93. The summed E-state index contributed by atoms with van der Waals surface area (Å²) in [6.07, 6.45) is 0. The summed E-state index contributed by atoms with van der Waals surface area (Å²) in [5.74, 6) is 0.401. The van der Waals surface area contributed by atoms with Gasteiger partial charge in [-0.3, -0.25) is 0 Å². The van der Waals surface area contributed by atoms with Gasteiger partial charge in [-0.25, -0.2) is 4.39 Å². The van der Waals surface area contributed by atoms with Gasteiger partial charge < -0.3 is 10.1 Å². The fourth-order valence-corrected chi connectivity index (χ4v) is 1.89. The van der Waals surface area contributed by atoms with Gasteiger partial charge >= 0.3 is 0 Å². The van der Waals surface area contributed by atoms with Gasteiger partial charge in [0.15, 0.2) is 0 Å². The molecule has 1 N–H and O–H groups in total. The van der Waals surface area contributed by atoms with Crippen LogP contribution in [0.1, 0.15) is 34.6 Å². The molecule has 4 heteroatoms. The van der Waals surface area contributed by atoms with Crippen LogP contribution in [0, 0.1) is 11.2 Å². The third kappa shape index (κ3) is 6.39. The van der Waals surface area contributed by atoms with Gasteiger partial charge in [-0.2, -0.15) is 0 Å². The van der Waals surface area contributed by atoms with Crippen molar-refractivity contribution in [3.8, 4) is 5.75 Å². The van der Waals surface area contributed by atoms with Gasteiger partial charge in [0.05, 0.1) is 11.1 Å². The van der Waals surface area contributed by atoms with Gasteiger partial charge in [-0.1, -0.05) is 13.8 Å². The van der Waals surface area contributed by atoms with Crippen molar-refractivity contribution in [3.63, 3.8) is 0 Å². The van der Waals surface area contributed by atoms with E-state index in [-0.39, 0.29) is 16.8 Å². The molecule has 0 amide bonds. The predicted octanol–water partition coefficient (Wildman–Crippen LogP) is 4.38. The van der Waals surface area contributed by atoms with Crippen molar-refractivity contribution in [1.82, 2.24) is 5.32 Å². The molecule has 0 fully saturated rings. The zero-order chi connectivity index (χ0) is 14.7. The number of ether oxygens (including phenoxy) is 1. The summed E-state index contributed by atoms with van der Waals surface area (Å²) in [4.78, 5) is 0. The van der Waals surface area contributed by atoms with Crippen LogP contribution in [0.15, 0.2) is 22.7 Å². The molecule has 0 saturated carbocycles. The van der Waals surface area contributed by atoms with Gasteiger partial charge in [0.2, 0.25) is 0 Å². The van der Waals surface area contributed by atoms with Gasteiger partial charge in [0.1, 0.15) is 11.6 Å². The number of nitrogens with one attached hydrogen (secondary N) is 1. The van der Waals surface area contributed by atoms with Crippen molar-refractivity contribution < 1.29 is 9.13 Å².